The molecule has 1 aromatic rings. The molecule has 19 heavy (non-hydrogen) atoms. The van der Waals surface area contributed by atoms with Crippen LogP contribution < -0.4 is 4.90 Å². The Balaban J connectivity index is 1.88. The van der Waals surface area contributed by atoms with Crippen molar-refractivity contribution < 1.29 is 4.39 Å². The summed E-state index contributed by atoms with van der Waals surface area (Å²) in [5.41, 5.74) is 2.01. The summed E-state index contributed by atoms with van der Waals surface area (Å²) < 4.78 is 13.3. The summed E-state index contributed by atoms with van der Waals surface area (Å²) in [6.45, 7) is 5.62. The van der Waals surface area contributed by atoms with Crippen molar-refractivity contribution in [2.75, 3.05) is 24.5 Å². The molecule has 0 spiro atoms. The van der Waals surface area contributed by atoms with Crippen LogP contribution in [0.3, 0.4) is 0 Å². The molecular formula is C15H20ClFN2. The van der Waals surface area contributed by atoms with E-state index in [1.165, 1.54) is 19.4 Å². The molecule has 0 bridgehead atoms. The molecule has 1 aromatic carbocycles. The molecule has 2 fully saturated rings. The van der Waals surface area contributed by atoms with Gasteiger partial charge in [0.25, 0.3) is 0 Å². The summed E-state index contributed by atoms with van der Waals surface area (Å²) in [6, 6.07) is 6.11. The highest BCUT2D eigenvalue weighted by Crippen LogP contribution is 2.31. The number of fused-ring (bicyclic) bond motifs is 1. The lowest BCUT2D eigenvalue weighted by Crippen LogP contribution is -2.55. The lowest BCUT2D eigenvalue weighted by atomic mass is 10.0. The minimum Gasteiger partial charge on any atom is -0.366 e. The van der Waals surface area contributed by atoms with Crippen molar-refractivity contribution in [3.05, 3.63) is 29.6 Å². The van der Waals surface area contributed by atoms with E-state index in [2.05, 4.69) is 16.7 Å². The Morgan fingerprint density at radius 1 is 1.37 bits per heavy atom. The third-order valence-electron chi connectivity index (χ3n) is 4.43. The van der Waals surface area contributed by atoms with E-state index in [-0.39, 0.29) is 5.82 Å². The molecule has 4 heteroatoms. The molecule has 2 saturated heterocycles. The third-order valence-corrected chi connectivity index (χ3v) is 4.72. The Kier molecular flexibility index (Phi) is 3.68. The SMILES string of the molecule is CC1CN2CCCC2CN1c1ccc(F)cc1CCl. The molecule has 0 N–H and O–H groups in total. The fourth-order valence-electron chi connectivity index (χ4n) is 3.46. The zero-order chi connectivity index (χ0) is 13.4. The van der Waals surface area contributed by atoms with Gasteiger partial charge in [0.05, 0.1) is 0 Å². The van der Waals surface area contributed by atoms with Crippen LogP contribution in [-0.2, 0) is 5.88 Å². The lowest BCUT2D eigenvalue weighted by Gasteiger charge is -2.44. The van der Waals surface area contributed by atoms with Gasteiger partial charge in [-0.15, -0.1) is 11.6 Å². The van der Waals surface area contributed by atoms with Crippen LogP contribution in [0.15, 0.2) is 18.2 Å². The average molecular weight is 283 g/mol. The quantitative estimate of drug-likeness (QED) is 0.769. The standard InChI is InChI=1S/C15H20ClFN2/c1-11-9-18-6-2-3-14(18)10-19(11)15-5-4-13(17)7-12(15)8-16/h4-5,7,11,14H,2-3,6,8-10H2,1H3. The number of anilines is 1. The van der Waals surface area contributed by atoms with E-state index in [1.807, 2.05) is 6.07 Å². The van der Waals surface area contributed by atoms with Crippen LogP contribution in [0.25, 0.3) is 0 Å². The summed E-state index contributed by atoms with van der Waals surface area (Å²) in [6.07, 6.45) is 2.58. The molecule has 2 unspecified atom stereocenters. The summed E-state index contributed by atoms with van der Waals surface area (Å²) in [5, 5.41) is 0. The third kappa shape index (κ3) is 2.46. The molecule has 104 valence electrons. The van der Waals surface area contributed by atoms with E-state index < -0.39 is 0 Å². The van der Waals surface area contributed by atoms with Gasteiger partial charge < -0.3 is 4.90 Å². The van der Waals surface area contributed by atoms with Gasteiger partial charge in [0.2, 0.25) is 0 Å². The molecule has 2 aliphatic heterocycles. The van der Waals surface area contributed by atoms with Gasteiger partial charge in [-0.3, -0.25) is 4.90 Å². The maximum Gasteiger partial charge on any atom is 0.123 e. The zero-order valence-corrected chi connectivity index (χ0v) is 12.0. The Labute approximate surface area is 119 Å². The van der Waals surface area contributed by atoms with Gasteiger partial charge in [-0.2, -0.15) is 0 Å². The molecule has 0 radical (unpaired) electrons. The number of alkyl halides is 1. The largest absolute Gasteiger partial charge is 0.366 e. The first-order chi connectivity index (χ1) is 9.19. The molecule has 0 saturated carbocycles. The van der Waals surface area contributed by atoms with Gasteiger partial charge >= 0.3 is 0 Å². The highest BCUT2D eigenvalue weighted by molar-refractivity contribution is 6.17. The highest BCUT2D eigenvalue weighted by Gasteiger charge is 2.34. The number of benzene rings is 1. The van der Waals surface area contributed by atoms with Crippen molar-refractivity contribution in [2.24, 2.45) is 0 Å². The van der Waals surface area contributed by atoms with Crippen molar-refractivity contribution in [3.63, 3.8) is 0 Å². The molecule has 3 rings (SSSR count). The fourth-order valence-corrected chi connectivity index (χ4v) is 3.68. The Hall–Kier alpha value is -0.800. The summed E-state index contributed by atoms with van der Waals surface area (Å²) >= 11 is 5.98. The second-order valence-corrected chi connectivity index (χ2v) is 5.97. The maximum absolute atomic E-state index is 13.3. The Morgan fingerprint density at radius 3 is 3.00 bits per heavy atom. The number of rotatable bonds is 2. The van der Waals surface area contributed by atoms with E-state index >= 15 is 0 Å². The van der Waals surface area contributed by atoms with Gasteiger partial charge in [-0.05, 0) is 50.1 Å². The van der Waals surface area contributed by atoms with Crippen molar-refractivity contribution in [1.29, 1.82) is 0 Å². The predicted octanol–water partition coefficient (Wildman–Crippen LogP) is 3.24. The van der Waals surface area contributed by atoms with Crippen LogP contribution in [0.5, 0.6) is 0 Å². The monoisotopic (exact) mass is 282 g/mol. The Bertz CT molecular complexity index is 465. The molecule has 0 amide bonds. The van der Waals surface area contributed by atoms with E-state index in [9.17, 15) is 4.39 Å². The molecule has 2 aliphatic rings. The van der Waals surface area contributed by atoms with Crippen molar-refractivity contribution in [1.82, 2.24) is 4.90 Å². The van der Waals surface area contributed by atoms with E-state index in [0.717, 1.165) is 24.3 Å². The predicted molar refractivity (Wildman–Crippen MR) is 77.4 cm³/mol. The van der Waals surface area contributed by atoms with Crippen LogP contribution in [0.2, 0.25) is 0 Å². The number of hydrogen-bond donors (Lipinski definition) is 0. The smallest absolute Gasteiger partial charge is 0.123 e. The maximum atomic E-state index is 13.3. The second kappa shape index (κ2) is 5.29. The summed E-state index contributed by atoms with van der Waals surface area (Å²) in [5.74, 6) is 0.164. The minimum absolute atomic E-state index is 0.202. The van der Waals surface area contributed by atoms with E-state index in [4.69, 9.17) is 11.6 Å². The van der Waals surface area contributed by atoms with Crippen LogP contribution in [-0.4, -0.2) is 36.6 Å². The molecule has 0 aliphatic carbocycles. The number of piperazine rings is 1. The molecular weight excluding hydrogens is 263 g/mol. The van der Waals surface area contributed by atoms with Gasteiger partial charge in [-0.25, -0.2) is 4.39 Å². The Morgan fingerprint density at radius 2 is 2.21 bits per heavy atom. The zero-order valence-electron chi connectivity index (χ0n) is 11.3. The highest BCUT2D eigenvalue weighted by atomic mass is 35.5. The van der Waals surface area contributed by atoms with Gasteiger partial charge in [0.15, 0.2) is 0 Å². The molecule has 2 heterocycles. The molecule has 2 atom stereocenters. The topological polar surface area (TPSA) is 6.48 Å². The van der Waals surface area contributed by atoms with Crippen molar-refractivity contribution in [2.45, 2.75) is 37.7 Å². The number of nitrogens with zero attached hydrogens (tertiary/aromatic N) is 2. The summed E-state index contributed by atoms with van der Waals surface area (Å²) in [7, 11) is 0. The summed E-state index contributed by atoms with van der Waals surface area (Å²) in [4.78, 5) is 4.99. The van der Waals surface area contributed by atoms with Crippen LogP contribution in [0, 0.1) is 5.82 Å². The fraction of sp³-hybridized carbons (Fsp3) is 0.600. The first-order valence-electron chi connectivity index (χ1n) is 7.04. The normalized spacial score (nSPS) is 27.6. The van der Waals surface area contributed by atoms with Gasteiger partial charge in [-0.1, -0.05) is 0 Å². The second-order valence-electron chi connectivity index (χ2n) is 5.70. The van der Waals surface area contributed by atoms with Crippen LogP contribution >= 0.6 is 11.6 Å². The molecule has 2 nitrogen and oxygen atoms in total. The number of halogens is 2. The van der Waals surface area contributed by atoms with Crippen molar-refractivity contribution >= 4 is 17.3 Å². The van der Waals surface area contributed by atoms with Crippen LogP contribution in [0.1, 0.15) is 25.3 Å². The van der Waals surface area contributed by atoms with Crippen molar-refractivity contribution in [3.8, 4) is 0 Å². The van der Waals surface area contributed by atoms with E-state index in [1.54, 1.807) is 12.1 Å². The first kappa shape index (κ1) is 13.2. The number of hydrogen-bond acceptors (Lipinski definition) is 2. The first-order valence-corrected chi connectivity index (χ1v) is 7.57. The van der Waals surface area contributed by atoms with E-state index in [0.29, 0.717) is 18.0 Å². The van der Waals surface area contributed by atoms with Gasteiger partial charge in [0.1, 0.15) is 5.82 Å². The average Bonchev–Trinajstić information content (AvgIpc) is 2.85. The van der Waals surface area contributed by atoms with Gasteiger partial charge in [0, 0.05) is 36.7 Å². The lowest BCUT2D eigenvalue weighted by molar-refractivity contribution is 0.203. The molecule has 0 aromatic heterocycles. The minimum atomic E-state index is -0.202. The van der Waals surface area contributed by atoms with Crippen LogP contribution in [0.4, 0.5) is 10.1 Å².